The molecule has 10 heteroatoms. The molecule has 2 rings (SSSR count). The molecule has 2 N–H and O–H groups in total. The first-order chi connectivity index (χ1) is 13.3. The fourth-order valence-corrected chi connectivity index (χ4v) is 3.36. The number of hydrogen-bond acceptors (Lipinski definition) is 6. The first kappa shape index (κ1) is 28.0. The molecule has 0 saturated carbocycles. The third-order valence-corrected chi connectivity index (χ3v) is 4.50. The molecule has 2 heterocycles. The summed E-state index contributed by atoms with van der Waals surface area (Å²) < 4.78 is 16.6. The summed E-state index contributed by atoms with van der Waals surface area (Å²) in [7, 11) is 2.60. The number of allylic oxidation sites excluding steroid dienone is 2. The topological polar surface area (TPSA) is 99.4 Å². The molecule has 0 amide bonds. The van der Waals surface area contributed by atoms with Crippen LogP contribution in [0, 0.1) is 0 Å². The Labute approximate surface area is 196 Å². The largest absolute Gasteiger partial charge is 1.00 e. The molecule has 166 valence electrons. The van der Waals surface area contributed by atoms with E-state index < -0.39 is 17.9 Å². The Hall–Kier alpha value is -2.04. The number of ether oxygens (including phenoxy) is 3. The number of pyridine rings is 1. The van der Waals surface area contributed by atoms with Gasteiger partial charge in [-0.2, -0.15) is 4.57 Å². The number of aromatic nitrogens is 1. The number of carbonyl (C=O) groups is 3. The molecule has 1 aromatic rings. The number of methoxy groups -OCH3 is 2. The van der Waals surface area contributed by atoms with Crippen molar-refractivity contribution in [3.63, 3.8) is 0 Å². The molecule has 30 heavy (non-hydrogen) atoms. The summed E-state index contributed by atoms with van der Waals surface area (Å²) >= 11 is 0. The van der Waals surface area contributed by atoms with Gasteiger partial charge in [0.2, 0.25) is 6.54 Å². The van der Waals surface area contributed by atoms with Gasteiger partial charge in [0.15, 0.2) is 12.4 Å². The van der Waals surface area contributed by atoms with Gasteiger partial charge in [-0.1, -0.05) is 0 Å². The summed E-state index contributed by atoms with van der Waals surface area (Å²) in [5, 5.41) is 1.77. The molecule has 0 radical (unpaired) electrons. The number of halogens is 2. The molecule has 0 saturated heterocycles. The summed E-state index contributed by atoms with van der Waals surface area (Å²) in [4.78, 5) is 36.9. The number of nitrogens with zero attached hydrogens (tertiary/aromatic N) is 1. The standard InChI is InChI=1S/C20H24N2O6.2BrH/c1-6-28-15(23)11-22-9-7-8-14(10-22)18-16(19(24)26-4)12(2)21-13(3)17(18)20(25)27-5;;/h7-10,18H,6,11H2,1-5H3;2*1H. The Morgan fingerprint density at radius 2 is 1.57 bits per heavy atom. The summed E-state index contributed by atoms with van der Waals surface area (Å²) in [6, 6.07) is 3.55. The Balaban J connectivity index is 0.00000420. The monoisotopic (exact) mass is 548 g/mol. The summed E-state index contributed by atoms with van der Waals surface area (Å²) in [6.45, 7) is 5.65. The van der Waals surface area contributed by atoms with Crippen LogP contribution in [0.4, 0.5) is 0 Å². The number of quaternary nitrogens is 1. The minimum atomic E-state index is -0.667. The van der Waals surface area contributed by atoms with E-state index in [2.05, 4.69) is 0 Å². The van der Waals surface area contributed by atoms with Gasteiger partial charge in [-0.3, -0.25) is 5.32 Å². The van der Waals surface area contributed by atoms with E-state index in [1.807, 2.05) is 0 Å². The number of hydrogen-bond donors (Lipinski definition) is 1. The minimum Gasteiger partial charge on any atom is -1.00 e. The lowest BCUT2D eigenvalue weighted by molar-refractivity contribution is -0.686. The highest BCUT2D eigenvalue weighted by Gasteiger charge is 2.41. The van der Waals surface area contributed by atoms with Crippen molar-refractivity contribution in [2.45, 2.75) is 33.2 Å². The van der Waals surface area contributed by atoms with Crippen LogP contribution in [-0.2, 0) is 35.1 Å². The highest BCUT2D eigenvalue weighted by atomic mass is 79.9. The van der Waals surface area contributed by atoms with Crippen LogP contribution in [0.1, 0.15) is 32.3 Å². The normalized spacial score (nSPS) is 13.8. The van der Waals surface area contributed by atoms with Crippen LogP contribution >= 0.6 is 0 Å². The maximum atomic E-state index is 12.5. The third-order valence-electron chi connectivity index (χ3n) is 4.50. The predicted molar refractivity (Wildman–Crippen MR) is 97.4 cm³/mol. The third kappa shape index (κ3) is 6.23. The van der Waals surface area contributed by atoms with Gasteiger partial charge in [0.05, 0.1) is 26.7 Å². The Kier molecular flexibility index (Phi) is 11.8. The first-order valence-corrected chi connectivity index (χ1v) is 8.91. The fraction of sp³-hybridized carbons (Fsp3) is 0.400. The molecule has 1 aliphatic heterocycles. The molecule has 1 aromatic heterocycles. The highest BCUT2D eigenvalue weighted by Crippen LogP contribution is 2.36. The molecular formula is C20H26Br2N2O6. The molecule has 1 aliphatic rings. The van der Waals surface area contributed by atoms with Crippen LogP contribution in [0.25, 0.3) is 0 Å². The van der Waals surface area contributed by atoms with Crippen molar-refractivity contribution < 1.29 is 72.4 Å². The SMILES string of the molecule is CCOC(=O)C[n+]1cccc(C2C(C(=O)OC)=C(C)[NH2+]C(C)=C2C(=O)OC)c1.[Br-].[Br-]. The number of carbonyl (C=O) groups excluding carboxylic acids is 3. The molecule has 0 aliphatic carbocycles. The van der Waals surface area contributed by atoms with E-state index in [1.54, 1.807) is 55.2 Å². The lowest BCUT2D eigenvalue weighted by Gasteiger charge is -2.25. The van der Waals surface area contributed by atoms with Gasteiger partial charge in [0.1, 0.15) is 22.5 Å². The molecule has 0 spiro atoms. The van der Waals surface area contributed by atoms with Crippen molar-refractivity contribution >= 4 is 17.9 Å². The van der Waals surface area contributed by atoms with E-state index in [-0.39, 0.29) is 46.5 Å². The maximum absolute atomic E-state index is 12.5. The Morgan fingerprint density at radius 3 is 2.03 bits per heavy atom. The van der Waals surface area contributed by atoms with Gasteiger partial charge in [-0.25, -0.2) is 14.4 Å². The van der Waals surface area contributed by atoms with Crippen LogP contribution in [0.2, 0.25) is 0 Å². The van der Waals surface area contributed by atoms with E-state index in [0.717, 1.165) is 0 Å². The van der Waals surface area contributed by atoms with E-state index >= 15 is 0 Å². The smallest absolute Gasteiger partial charge is 0.372 e. The second-order valence-corrected chi connectivity index (χ2v) is 6.37. The number of rotatable bonds is 6. The summed E-state index contributed by atoms with van der Waals surface area (Å²) in [5.74, 6) is -2.08. The van der Waals surface area contributed by atoms with Gasteiger partial charge < -0.3 is 48.2 Å². The lowest BCUT2D eigenvalue weighted by Crippen LogP contribution is -3.00. The van der Waals surface area contributed by atoms with E-state index in [1.165, 1.54) is 14.2 Å². The maximum Gasteiger partial charge on any atom is 0.372 e. The van der Waals surface area contributed by atoms with E-state index in [0.29, 0.717) is 34.7 Å². The zero-order valence-corrected chi connectivity index (χ0v) is 20.7. The quantitative estimate of drug-likeness (QED) is 0.216. The van der Waals surface area contributed by atoms with Crippen LogP contribution in [-0.4, -0.2) is 38.7 Å². The molecular weight excluding hydrogens is 524 g/mol. The molecule has 0 bridgehead atoms. The summed E-state index contributed by atoms with van der Waals surface area (Å²) in [6.07, 6.45) is 3.44. The van der Waals surface area contributed by atoms with Crippen molar-refractivity contribution in [1.82, 2.24) is 0 Å². The lowest BCUT2D eigenvalue weighted by atomic mass is 9.81. The Bertz CT molecular complexity index is 829. The van der Waals surface area contributed by atoms with Crippen LogP contribution in [0.3, 0.4) is 0 Å². The van der Waals surface area contributed by atoms with E-state index in [4.69, 9.17) is 14.2 Å². The van der Waals surface area contributed by atoms with Gasteiger partial charge in [0.25, 0.3) is 0 Å². The Morgan fingerprint density at radius 1 is 1.03 bits per heavy atom. The van der Waals surface area contributed by atoms with Gasteiger partial charge in [-0.15, -0.1) is 0 Å². The van der Waals surface area contributed by atoms with Crippen molar-refractivity contribution in [3.05, 3.63) is 52.6 Å². The average molecular weight is 550 g/mol. The highest BCUT2D eigenvalue weighted by molar-refractivity contribution is 5.98. The average Bonchev–Trinajstić information content (AvgIpc) is 2.66. The predicted octanol–water partition coefficient (Wildman–Crippen LogP) is -5.90. The van der Waals surface area contributed by atoms with Gasteiger partial charge in [0, 0.05) is 25.5 Å². The van der Waals surface area contributed by atoms with Gasteiger partial charge >= 0.3 is 17.9 Å². The van der Waals surface area contributed by atoms with E-state index in [9.17, 15) is 14.4 Å². The fourth-order valence-electron chi connectivity index (χ4n) is 3.36. The molecule has 0 atom stereocenters. The number of esters is 3. The minimum absolute atomic E-state index is 0. The van der Waals surface area contributed by atoms with Crippen molar-refractivity contribution in [2.75, 3.05) is 20.8 Å². The van der Waals surface area contributed by atoms with Crippen LogP contribution in [0.15, 0.2) is 47.1 Å². The zero-order chi connectivity index (χ0) is 20.8. The van der Waals surface area contributed by atoms with Gasteiger partial charge in [-0.05, 0) is 13.0 Å². The van der Waals surface area contributed by atoms with Crippen LogP contribution in [0.5, 0.6) is 0 Å². The second-order valence-electron chi connectivity index (χ2n) is 6.37. The first-order valence-electron chi connectivity index (χ1n) is 8.91. The van der Waals surface area contributed by atoms with Crippen LogP contribution < -0.4 is 43.8 Å². The number of nitrogens with two attached hydrogens (primary N) is 1. The van der Waals surface area contributed by atoms with Crippen molar-refractivity contribution in [2.24, 2.45) is 0 Å². The zero-order valence-electron chi connectivity index (χ0n) is 17.5. The second kappa shape index (κ2) is 12.6. The molecule has 0 fully saturated rings. The molecule has 8 nitrogen and oxygen atoms in total. The van der Waals surface area contributed by atoms with Crippen molar-refractivity contribution in [1.29, 1.82) is 0 Å². The summed E-state index contributed by atoms with van der Waals surface area (Å²) in [5.41, 5.74) is 2.81. The van der Waals surface area contributed by atoms with Crippen molar-refractivity contribution in [3.8, 4) is 0 Å². The molecule has 0 aromatic carbocycles. The molecule has 0 unspecified atom stereocenters.